The van der Waals surface area contributed by atoms with Crippen LogP contribution in [0.5, 0.6) is 0 Å². The first-order valence-corrected chi connectivity index (χ1v) is 7.02. The molecule has 0 N–H and O–H groups in total. The van der Waals surface area contributed by atoms with Gasteiger partial charge in [0.15, 0.2) is 0 Å². The molecule has 0 saturated heterocycles. The first-order valence-electron chi connectivity index (χ1n) is 5.03. The highest BCUT2D eigenvalue weighted by molar-refractivity contribution is 9.10. The molecule has 0 spiro atoms. The molecule has 0 saturated carbocycles. The first-order chi connectivity index (χ1) is 8.50. The zero-order valence-electron chi connectivity index (χ0n) is 8.93. The quantitative estimate of drug-likeness (QED) is 0.552. The Morgan fingerprint density at radius 1 is 1.11 bits per heavy atom. The molecular formula is C13H7BrCl3F. The van der Waals surface area contributed by atoms with Crippen molar-refractivity contribution < 1.29 is 4.39 Å². The molecule has 0 fully saturated rings. The van der Waals surface area contributed by atoms with Crippen molar-refractivity contribution in [2.24, 2.45) is 0 Å². The summed E-state index contributed by atoms with van der Waals surface area (Å²) in [6, 6.07) is 9.87. The predicted octanol–water partition coefficient (Wildman–Crippen LogP) is 6.22. The van der Waals surface area contributed by atoms with E-state index in [0.29, 0.717) is 20.1 Å². The molecule has 1 atom stereocenters. The van der Waals surface area contributed by atoms with Gasteiger partial charge in [-0.1, -0.05) is 41.4 Å². The van der Waals surface area contributed by atoms with Crippen LogP contribution in [0.25, 0.3) is 0 Å². The summed E-state index contributed by atoms with van der Waals surface area (Å²) in [7, 11) is 0. The second-order valence-corrected chi connectivity index (χ2v) is 5.76. The van der Waals surface area contributed by atoms with Crippen LogP contribution in [0, 0.1) is 5.82 Å². The number of benzene rings is 2. The van der Waals surface area contributed by atoms with Crippen LogP contribution < -0.4 is 0 Å². The van der Waals surface area contributed by atoms with E-state index in [2.05, 4.69) is 15.9 Å². The van der Waals surface area contributed by atoms with Crippen molar-refractivity contribution in [1.82, 2.24) is 0 Å². The molecule has 1 unspecified atom stereocenters. The second kappa shape index (κ2) is 5.79. The van der Waals surface area contributed by atoms with E-state index in [1.54, 1.807) is 30.3 Å². The van der Waals surface area contributed by atoms with E-state index in [1.165, 1.54) is 6.07 Å². The van der Waals surface area contributed by atoms with Gasteiger partial charge < -0.3 is 0 Å². The maximum absolute atomic E-state index is 13.2. The van der Waals surface area contributed by atoms with E-state index in [0.717, 1.165) is 5.56 Å². The third-order valence-electron chi connectivity index (χ3n) is 2.49. The van der Waals surface area contributed by atoms with Gasteiger partial charge in [0.25, 0.3) is 0 Å². The van der Waals surface area contributed by atoms with Crippen LogP contribution >= 0.6 is 50.7 Å². The molecule has 94 valence electrons. The van der Waals surface area contributed by atoms with Gasteiger partial charge in [0, 0.05) is 0 Å². The maximum Gasteiger partial charge on any atom is 0.137 e. The van der Waals surface area contributed by atoms with Gasteiger partial charge in [0.2, 0.25) is 0 Å². The van der Waals surface area contributed by atoms with Crippen LogP contribution in [0.3, 0.4) is 0 Å². The van der Waals surface area contributed by atoms with Gasteiger partial charge in [-0.05, 0) is 45.3 Å². The van der Waals surface area contributed by atoms with Crippen LogP contribution in [0.2, 0.25) is 10.0 Å². The largest absolute Gasteiger partial charge is 0.206 e. The minimum Gasteiger partial charge on any atom is -0.206 e. The minimum atomic E-state index is -0.479. The molecule has 0 aliphatic carbocycles. The first kappa shape index (κ1) is 14.1. The fourth-order valence-electron chi connectivity index (χ4n) is 1.57. The van der Waals surface area contributed by atoms with E-state index < -0.39 is 5.38 Å². The standard InChI is InChI=1S/C13H7BrCl3F/c14-9-6-7(4-5-11(9)18)12(16)8-2-1-3-10(15)13(8)17/h1-6,12H. The lowest BCUT2D eigenvalue weighted by Crippen LogP contribution is -1.95. The Morgan fingerprint density at radius 3 is 2.50 bits per heavy atom. The topological polar surface area (TPSA) is 0 Å². The molecule has 18 heavy (non-hydrogen) atoms. The lowest BCUT2D eigenvalue weighted by atomic mass is 10.0. The van der Waals surface area contributed by atoms with E-state index in [-0.39, 0.29) is 5.82 Å². The molecule has 0 aliphatic heterocycles. The molecule has 2 aromatic carbocycles. The van der Waals surface area contributed by atoms with Gasteiger partial charge in [-0.3, -0.25) is 0 Å². The normalized spacial score (nSPS) is 12.5. The molecule has 0 amide bonds. The van der Waals surface area contributed by atoms with Gasteiger partial charge >= 0.3 is 0 Å². The summed E-state index contributed by atoms with van der Waals surface area (Å²) in [5, 5.41) is 0.383. The molecule has 0 aliphatic rings. The van der Waals surface area contributed by atoms with E-state index in [4.69, 9.17) is 34.8 Å². The van der Waals surface area contributed by atoms with Crippen LogP contribution in [0.15, 0.2) is 40.9 Å². The molecule has 0 radical (unpaired) electrons. The SMILES string of the molecule is Fc1ccc(C(Cl)c2cccc(Cl)c2Cl)cc1Br. The highest BCUT2D eigenvalue weighted by Gasteiger charge is 2.16. The summed E-state index contributed by atoms with van der Waals surface area (Å²) in [5.74, 6) is -0.334. The van der Waals surface area contributed by atoms with Gasteiger partial charge in [-0.15, -0.1) is 11.6 Å². The van der Waals surface area contributed by atoms with Crippen LogP contribution in [-0.2, 0) is 0 Å². The number of hydrogen-bond donors (Lipinski definition) is 0. The highest BCUT2D eigenvalue weighted by atomic mass is 79.9. The minimum absolute atomic E-state index is 0.334. The molecule has 2 aromatic rings. The van der Waals surface area contributed by atoms with Gasteiger partial charge in [-0.25, -0.2) is 4.39 Å². The van der Waals surface area contributed by atoms with Gasteiger partial charge in [-0.2, -0.15) is 0 Å². The molecular weight excluding hydrogens is 361 g/mol. The van der Waals surface area contributed by atoms with Crippen molar-refractivity contribution in [1.29, 1.82) is 0 Å². The Labute approximate surface area is 128 Å². The van der Waals surface area contributed by atoms with Crippen molar-refractivity contribution in [2.75, 3.05) is 0 Å². The molecule has 0 nitrogen and oxygen atoms in total. The highest BCUT2D eigenvalue weighted by Crippen LogP contribution is 2.37. The Balaban J connectivity index is 2.44. The van der Waals surface area contributed by atoms with Crippen LogP contribution in [0.4, 0.5) is 4.39 Å². The van der Waals surface area contributed by atoms with Gasteiger partial charge in [0.1, 0.15) is 5.82 Å². The maximum atomic E-state index is 13.2. The summed E-state index contributed by atoms with van der Waals surface area (Å²) in [6.45, 7) is 0. The molecule has 0 bridgehead atoms. The third-order valence-corrected chi connectivity index (χ3v) is 4.42. The van der Waals surface area contributed by atoms with Crippen LogP contribution in [0.1, 0.15) is 16.5 Å². The Kier molecular flexibility index (Phi) is 4.54. The van der Waals surface area contributed by atoms with Crippen molar-refractivity contribution in [3.05, 3.63) is 67.9 Å². The molecule has 2 rings (SSSR count). The second-order valence-electron chi connectivity index (χ2n) is 3.68. The number of hydrogen-bond acceptors (Lipinski definition) is 0. The van der Waals surface area contributed by atoms with Crippen molar-refractivity contribution in [3.63, 3.8) is 0 Å². The summed E-state index contributed by atoms with van der Waals surface area (Å²) in [5.41, 5.74) is 1.44. The zero-order chi connectivity index (χ0) is 13.3. The Hall–Kier alpha value is -0.280. The van der Waals surface area contributed by atoms with E-state index >= 15 is 0 Å². The summed E-state index contributed by atoms with van der Waals surface area (Å²) in [6.07, 6.45) is 0. The molecule has 0 aromatic heterocycles. The number of alkyl halides is 1. The van der Waals surface area contributed by atoms with Crippen molar-refractivity contribution >= 4 is 50.7 Å². The van der Waals surface area contributed by atoms with Crippen molar-refractivity contribution in [3.8, 4) is 0 Å². The van der Waals surface area contributed by atoms with E-state index in [9.17, 15) is 4.39 Å². The Bertz CT molecular complexity index is 586. The number of halogens is 5. The lowest BCUT2D eigenvalue weighted by Gasteiger charge is -2.13. The summed E-state index contributed by atoms with van der Waals surface area (Å²) < 4.78 is 13.5. The molecule has 0 heterocycles. The monoisotopic (exact) mass is 366 g/mol. The smallest absolute Gasteiger partial charge is 0.137 e. The van der Waals surface area contributed by atoms with Crippen molar-refractivity contribution in [2.45, 2.75) is 5.38 Å². The van der Waals surface area contributed by atoms with E-state index in [1.807, 2.05) is 0 Å². The zero-order valence-corrected chi connectivity index (χ0v) is 12.8. The molecule has 5 heteroatoms. The Morgan fingerprint density at radius 2 is 1.83 bits per heavy atom. The number of rotatable bonds is 2. The lowest BCUT2D eigenvalue weighted by molar-refractivity contribution is 0.620. The van der Waals surface area contributed by atoms with Crippen LogP contribution in [-0.4, -0.2) is 0 Å². The third kappa shape index (κ3) is 2.83. The average Bonchev–Trinajstić information content (AvgIpc) is 2.35. The van der Waals surface area contributed by atoms with Gasteiger partial charge in [0.05, 0.1) is 19.9 Å². The fraction of sp³-hybridized carbons (Fsp3) is 0.0769. The predicted molar refractivity (Wildman–Crippen MR) is 78.3 cm³/mol. The summed E-state index contributed by atoms with van der Waals surface area (Å²) >= 11 is 21.5. The summed E-state index contributed by atoms with van der Waals surface area (Å²) in [4.78, 5) is 0. The fourth-order valence-corrected chi connectivity index (χ4v) is 2.75. The average molecular weight is 368 g/mol.